The molecule has 2 rings (SSSR count). The molecule has 2 nitrogen and oxygen atoms in total. The average Bonchev–Trinajstić information content (AvgIpc) is 2.33. The summed E-state index contributed by atoms with van der Waals surface area (Å²) in [5.74, 6) is 0.983. The van der Waals surface area contributed by atoms with Gasteiger partial charge < -0.3 is 5.32 Å². The lowest BCUT2D eigenvalue weighted by atomic mass is 10.1. The number of nitrogens with zero attached hydrogens (tertiary/aromatic N) is 1. The van der Waals surface area contributed by atoms with Gasteiger partial charge in [-0.1, -0.05) is 37.1 Å². The van der Waals surface area contributed by atoms with Gasteiger partial charge in [-0.25, -0.2) is 4.98 Å². The monoisotopic (exact) mass is 292 g/mol. The summed E-state index contributed by atoms with van der Waals surface area (Å²) >= 11 is 3.56. The Bertz CT molecular complexity index is 523. The van der Waals surface area contributed by atoms with Gasteiger partial charge in [0, 0.05) is 28.0 Å². The summed E-state index contributed by atoms with van der Waals surface area (Å²) in [6.07, 6.45) is 4.24. The topological polar surface area (TPSA) is 24.9 Å². The summed E-state index contributed by atoms with van der Waals surface area (Å²) in [4.78, 5) is 4.45. The van der Waals surface area contributed by atoms with Crippen LogP contribution in [0.3, 0.4) is 0 Å². The molecule has 0 bridgehead atoms. The first-order valence-electron chi connectivity index (χ1n) is 6.01. The standard InChI is InChI=1S/C14H17BrN2/c1-3-4-7-16-14-11-6-5-10(2)8-12(11)13(15)9-17-14/h5-6,8-9H,3-4,7H2,1-2H3,(H,16,17). The van der Waals surface area contributed by atoms with Crippen LogP contribution in [0.1, 0.15) is 25.3 Å². The van der Waals surface area contributed by atoms with Crippen LogP contribution in [-0.2, 0) is 0 Å². The van der Waals surface area contributed by atoms with E-state index in [-0.39, 0.29) is 0 Å². The fourth-order valence-corrected chi connectivity index (χ4v) is 2.28. The molecule has 0 saturated carbocycles. The molecule has 0 spiro atoms. The van der Waals surface area contributed by atoms with Crippen LogP contribution in [0.4, 0.5) is 5.82 Å². The largest absolute Gasteiger partial charge is 0.370 e. The lowest BCUT2D eigenvalue weighted by molar-refractivity contribution is 0.832. The molecule has 0 unspecified atom stereocenters. The van der Waals surface area contributed by atoms with E-state index in [9.17, 15) is 0 Å². The van der Waals surface area contributed by atoms with Gasteiger partial charge in [-0.05, 0) is 29.3 Å². The summed E-state index contributed by atoms with van der Waals surface area (Å²) < 4.78 is 1.05. The molecular formula is C14H17BrN2. The average molecular weight is 293 g/mol. The fraction of sp³-hybridized carbons (Fsp3) is 0.357. The van der Waals surface area contributed by atoms with E-state index < -0.39 is 0 Å². The zero-order valence-corrected chi connectivity index (χ0v) is 11.8. The molecule has 1 aromatic heterocycles. The van der Waals surface area contributed by atoms with Crippen molar-refractivity contribution in [2.75, 3.05) is 11.9 Å². The molecule has 0 atom stereocenters. The third-order valence-corrected chi connectivity index (χ3v) is 3.45. The van der Waals surface area contributed by atoms with Gasteiger partial charge in [-0.3, -0.25) is 0 Å². The van der Waals surface area contributed by atoms with Gasteiger partial charge in [0.15, 0.2) is 0 Å². The molecule has 1 heterocycles. The molecule has 0 radical (unpaired) electrons. The summed E-state index contributed by atoms with van der Waals surface area (Å²) in [5, 5.41) is 5.81. The first kappa shape index (κ1) is 12.4. The Labute approximate surface area is 111 Å². The van der Waals surface area contributed by atoms with E-state index in [1.807, 2.05) is 6.20 Å². The van der Waals surface area contributed by atoms with Crippen molar-refractivity contribution >= 4 is 32.5 Å². The molecule has 0 amide bonds. The van der Waals surface area contributed by atoms with Crippen molar-refractivity contribution in [1.29, 1.82) is 0 Å². The number of hydrogen-bond donors (Lipinski definition) is 1. The molecule has 2 aromatic rings. The van der Waals surface area contributed by atoms with Gasteiger partial charge in [0.2, 0.25) is 0 Å². The summed E-state index contributed by atoms with van der Waals surface area (Å²) in [5.41, 5.74) is 1.27. The second kappa shape index (κ2) is 5.50. The van der Waals surface area contributed by atoms with E-state index in [1.54, 1.807) is 0 Å². The maximum absolute atomic E-state index is 4.45. The predicted molar refractivity (Wildman–Crippen MR) is 77.6 cm³/mol. The second-order valence-electron chi connectivity index (χ2n) is 4.28. The minimum Gasteiger partial charge on any atom is -0.370 e. The number of aromatic nitrogens is 1. The van der Waals surface area contributed by atoms with Crippen molar-refractivity contribution in [2.45, 2.75) is 26.7 Å². The number of aryl methyl sites for hydroxylation is 1. The van der Waals surface area contributed by atoms with Crippen LogP contribution in [0.25, 0.3) is 10.8 Å². The number of anilines is 1. The fourth-order valence-electron chi connectivity index (χ4n) is 1.85. The first-order chi connectivity index (χ1) is 8.22. The molecule has 1 aromatic carbocycles. The Balaban J connectivity index is 2.40. The Hall–Kier alpha value is -1.09. The van der Waals surface area contributed by atoms with Crippen LogP contribution < -0.4 is 5.32 Å². The molecule has 0 saturated heterocycles. The number of rotatable bonds is 4. The van der Waals surface area contributed by atoms with Crippen molar-refractivity contribution in [2.24, 2.45) is 0 Å². The zero-order chi connectivity index (χ0) is 12.3. The maximum atomic E-state index is 4.45. The van der Waals surface area contributed by atoms with E-state index >= 15 is 0 Å². The summed E-state index contributed by atoms with van der Waals surface area (Å²) in [6, 6.07) is 6.45. The minimum absolute atomic E-state index is 0.980. The number of halogens is 1. The summed E-state index contributed by atoms with van der Waals surface area (Å²) in [6.45, 7) is 5.28. The van der Waals surface area contributed by atoms with Crippen molar-refractivity contribution in [3.05, 3.63) is 34.4 Å². The number of benzene rings is 1. The molecule has 0 fully saturated rings. The number of nitrogens with one attached hydrogen (secondary N) is 1. The molecule has 0 aliphatic carbocycles. The van der Waals surface area contributed by atoms with E-state index in [1.165, 1.54) is 29.2 Å². The number of hydrogen-bond acceptors (Lipinski definition) is 2. The van der Waals surface area contributed by atoms with E-state index in [4.69, 9.17) is 0 Å². The molecule has 17 heavy (non-hydrogen) atoms. The van der Waals surface area contributed by atoms with Crippen molar-refractivity contribution < 1.29 is 0 Å². The normalized spacial score (nSPS) is 10.8. The van der Waals surface area contributed by atoms with E-state index in [0.717, 1.165) is 16.8 Å². The lowest BCUT2D eigenvalue weighted by Gasteiger charge is -2.10. The van der Waals surface area contributed by atoms with Gasteiger partial charge >= 0.3 is 0 Å². The predicted octanol–water partition coefficient (Wildman–Crippen LogP) is 4.52. The second-order valence-corrected chi connectivity index (χ2v) is 5.14. The third kappa shape index (κ3) is 2.78. The van der Waals surface area contributed by atoms with Gasteiger partial charge in [0.1, 0.15) is 5.82 Å². The highest BCUT2D eigenvalue weighted by molar-refractivity contribution is 9.10. The highest BCUT2D eigenvalue weighted by Gasteiger charge is 2.05. The first-order valence-corrected chi connectivity index (χ1v) is 6.80. The van der Waals surface area contributed by atoms with E-state index in [2.05, 4.69) is 58.3 Å². The Morgan fingerprint density at radius 2 is 2.12 bits per heavy atom. The lowest BCUT2D eigenvalue weighted by Crippen LogP contribution is -2.03. The van der Waals surface area contributed by atoms with Gasteiger partial charge in [-0.15, -0.1) is 0 Å². The highest BCUT2D eigenvalue weighted by atomic mass is 79.9. The van der Waals surface area contributed by atoms with Crippen LogP contribution in [0.5, 0.6) is 0 Å². The van der Waals surface area contributed by atoms with Crippen molar-refractivity contribution in [3.8, 4) is 0 Å². The number of fused-ring (bicyclic) bond motifs is 1. The van der Waals surface area contributed by atoms with E-state index in [0.29, 0.717) is 0 Å². The third-order valence-electron chi connectivity index (χ3n) is 2.82. The molecule has 0 aliphatic heterocycles. The Morgan fingerprint density at radius 3 is 2.88 bits per heavy atom. The molecule has 1 N–H and O–H groups in total. The Morgan fingerprint density at radius 1 is 1.29 bits per heavy atom. The smallest absolute Gasteiger partial charge is 0.133 e. The number of unbranched alkanes of at least 4 members (excludes halogenated alkanes) is 1. The molecular weight excluding hydrogens is 276 g/mol. The molecule has 90 valence electrons. The van der Waals surface area contributed by atoms with Crippen molar-refractivity contribution in [1.82, 2.24) is 4.98 Å². The molecule has 3 heteroatoms. The van der Waals surface area contributed by atoms with Crippen LogP contribution in [0.15, 0.2) is 28.9 Å². The zero-order valence-electron chi connectivity index (χ0n) is 10.3. The Kier molecular flexibility index (Phi) is 4.00. The van der Waals surface area contributed by atoms with Gasteiger partial charge in [-0.2, -0.15) is 0 Å². The number of pyridine rings is 1. The maximum Gasteiger partial charge on any atom is 0.133 e. The molecule has 0 aliphatic rings. The summed E-state index contributed by atoms with van der Waals surface area (Å²) in [7, 11) is 0. The van der Waals surface area contributed by atoms with Crippen LogP contribution in [0, 0.1) is 6.92 Å². The van der Waals surface area contributed by atoms with Crippen LogP contribution >= 0.6 is 15.9 Å². The SMILES string of the molecule is CCCCNc1ncc(Br)c2cc(C)ccc12. The van der Waals surface area contributed by atoms with Crippen LogP contribution in [-0.4, -0.2) is 11.5 Å². The quantitative estimate of drug-likeness (QED) is 0.838. The highest BCUT2D eigenvalue weighted by Crippen LogP contribution is 2.28. The minimum atomic E-state index is 0.980. The van der Waals surface area contributed by atoms with Crippen LogP contribution in [0.2, 0.25) is 0 Å². The van der Waals surface area contributed by atoms with Crippen molar-refractivity contribution in [3.63, 3.8) is 0 Å². The van der Waals surface area contributed by atoms with Gasteiger partial charge in [0.05, 0.1) is 0 Å². The van der Waals surface area contributed by atoms with Gasteiger partial charge in [0.25, 0.3) is 0 Å².